The van der Waals surface area contributed by atoms with Gasteiger partial charge in [0.15, 0.2) is 0 Å². The van der Waals surface area contributed by atoms with Crippen molar-refractivity contribution in [3.63, 3.8) is 0 Å². The molecule has 3 aromatic heterocycles. The summed E-state index contributed by atoms with van der Waals surface area (Å²) in [4.78, 5) is 4.42. The second-order valence-corrected chi connectivity index (χ2v) is 6.00. The van der Waals surface area contributed by atoms with E-state index in [1.807, 2.05) is 55.1 Å². The third-order valence-electron chi connectivity index (χ3n) is 4.26. The molecule has 0 aliphatic heterocycles. The fourth-order valence-corrected chi connectivity index (χ4v) is 2.86. The van der Waals surface area contributed by atoms with Crippen molar-refractivity contribution in [2.75, 3.05) is 0 Å². The summed E-state index contributed by atoms with van der Waals surface area (Å²) in [6.07, 6.45) is 3.79. The van der Waals surface area contributed by atoms with Crippen LogP contribution in [0.1, 0.15) is 17.0 Å². The molecule has 0 N–H and O–H groups in total. The molecule has 0 saturated carbocycles. The molecule has 0 amide bonds. The predicted octanol–water partition coefficient (Wildman–Crippen LogP) is 4.27. The summed E-state index contributed by atoms with van der Waals surface area (Å²) in [6.45, 7) is 4.53. The minimum atomic E-state index is 0.654. The van der Waals surface area contributed by atoms with Gasteiger partial charge in [-0.15, -0.1) is 0 Å². The standard InChI is InChI=1S/C20H18N4O/c1-14-18(15(2)25-23-14)13-24-11-9-20(22-24)17-7-5-6-16(12-17)19-8-3-4-10-21-19/h3-12H,13H2,1-2H3. The Bertz CT molecular complexity index is 982. The molecule has 124 valence electrons. The first kappa shape index (κ1) is 15.3. The van der Waals surface area contributed by atoms with Crippen LogP contribution in [-0.2, 0) is 6.54 Å². The van der Waals surface area contributed by atoms with E-state index in [9.17, 15) is 0 Å². The van der Waals surface area contributed by atoms with E-state index in [0.717, 1.165) is 39.5 Å². The van der Waals surface area contributed by atoms with Crippen LogP contribution in [0.15, 0.2) is 65.4 Å². The molecule has 25 heavy (non-hydrogen) atoms. The molecule has 0 fully saturated rings. The first-order valence-electron chi connectivity index (χ1n) is 8.18. The van der Waals surface area contributed by atoms with Gasteiger partial charge in [0.2, 0.25) is 0 Å². The Hall–Kier alpha value is -3.21. The summed E-state index contributed by atoms with van der Waals surface area (Å²) in [6, 6.07) is 16.2. The molecule has 0 radical (unpaired) electrons. The molecule has 0 unspecified atom stereocenters. The maximum absolute atomic E-state index is 5.23. The molecule has 0 aliphatic rings. The van der Waals surface area contributed by atoms with Gasteiger partial charge in [0.05, 0.1) is 23.6 Å². The minimum Gasteiger partial charge on any atom is -0.361 e. The van der Waals surface area contributed by atoms with Crippen LogP contribution in [0.5, 0.6) is 0 Å². The Labute approximate surface area is 145 Å². The van der Waals surface area contributed by atoms with Gasteiger partial charge in [-0.2, -0.15) is 5.10 Å². The topological polar surface area (TPSA) is 56.7 Å². The third-order valence-corrected chi connectivity index (χ3v) is 4.26. The number of rotatable bonds is 4. The Morgan fingerprint density at radius 3 is 2.52 bits per heavy atom. The van der Waals surface area contributed by atoms with Crippen LogP contribution in [-0.4, -0.2) is 19.9 Å². The molecule has 3 heterocycles. The van der Waals surface area contributed by atoms with Crippen LogP contribution in [0.4, 0.5) is 0 Å². The predicted molar refractivity (Wildman–Crippen MR) is 96.0 cm³/mol. The summed E-state index contributed by atoms with van der Waals surface area (Å²) >= 11 is 0. The smallest absolute Gasteiger partial charge is 0.138 e. The average Bonchev–Trinajstić information content (AvgIpc) is 3.25. The Balaban J connectivity index is 1.62. The van der Waals surface area contributed by atoms with Crippen LogP contribution in [0.2, 0.25) is 0 Å². The van der Waals surface area contributed by atoms with E-state index in [2.05, 4.69) is 28.3 Å². The van der Waals surface area contributed by atoms with E-state index in [-0.39, 0.29) is 0 Å². The van der Waals surface area contributed by atoms with E-state index in [1.54, 1.807) is 6.20 Å². The second-order valence-electron chi connectivity index (χ2n) is 6.00. The number of aryl methyl sites for hydroxylation is 2. The lowest BCUT2D eigenvalue weighted by atomic mass is 10.1. The van der Waals surface area contributed by atoms with E-state index < -0.39 is 0 Å². The van der Waals surface area contributed by atoms with Crippen LogP contribution < -0.4 is 0 Å². The van der Waals surface area contributed by atoms with Crippen molar-refractivity contribution in [3.05, 3.63) is 77.9 Å². The average molecular weight is 330 g/mol. The van der Waals surface area contributed by atoms with Gasteiger partial charge >= 0.3 is 0 Å². The number of hydrogen-bond donors (Lipinski definition) is 0. The lowest BCUT2D eigenvalue weighted by Crippen LogP contribution is -2.02. The zero-order valence-corrected chi connectivity index (χ0v) is 14.2. The highest BCUT2D eigenvalue weighted by Crippen LogP contribution is 2.24. The molecular weight excluding hydrogens is 312 g/mol. The van der Waals surface area contributed by atoms with Crippen LogP contribution in [0.3, 0.4) is 0 Å². The third kappa shape index (κ3) is 3.08. The zero-order chi connectivity index (χ0) is 17.2. The molecule has 4 rings (SSSR count). The first-order chi connectivity index (χ1) is 12.2. The molecule has 5 heteroatoms. The summed E-state index contributed by atoms with van der Waals surface area (Å²) in [5.74, 6) is 0.840. The highest BCUT2D eigenvalue weighted by Gasteiger charge is 2.11. The van der Waals surface area contributed by atoms with Gasteiger partial charge in [0.25, 0.3) is 0 Å². The SMILES string of the molecule is Cc1noc(C)c1Cn1ccc(-c2cccc(-c3ccccn3)c2)n1. The van der Waals surface area contributed by atoms with Crippen molar-refractivity contribution in [1.82, 2.24) is 19.9 Å². The van der Waals surface area contributed by atoms with Crippen molar-refractivity contribution in [2.24, 2.45) is 0 Å². The molecule has 4 aromatic rings. The van der Waals surface area contributed by atoms with Gasteiger partial charge in [-0.1, -0.05) is 29.4 Å². The van der Waals surface area contributed by atoms with Crippen molar-refractivity contribution in [1.29, 1.82) is 0 Å². The van der Waals surface area contributed by atoms with Gasteiger partial charge in [-0.05, 0) is 38.1 Å². The number of pyridine rings is 1. The van der Waals surface area contributed by atoms with E-state index >= 15 is 0 Å². The fourth-order valence-electron chi connectivity index (χ4n) is 2.86. The summed E-state index contributed by atoms with van der Waals surface area (Å²) in [5.41, 5.74) is 6.03. The number of benzene rings is 1. The summed E-state index contributed by atoms with van der Waals surface area (Å²) in [7, 11) is 0. The maximum Gasteiger partial charge on any atom is 0.138 e. The zero-order valence-electron chi connectivity index (χ0n) is 14.2. The van der Waals surface area contributed by atoms with E-state index in [4.69, 9.17) is 9.62 Å². The maximum atomic E-state index is 5.23. The Kier molecular flexibility index (Phi) is 3.90. The number of nitrogens with zero attached hydrogens (tertiary/aromatic N) is 4. The lowest BCUT2D eigenvalue weighted by molar-refractivity contribution is 0.391. The molecule has 0 saturated heterocycles. The Morgan fingerprint density at radius 2 is 1.80 bits per heavy atom. The molecule has 0 spiro atoms. The quantitative estimate of drug-likeness (QED) is 0.561. The van der Waals surface area contributed by atoms with Gasteiger partial charge in [0.1, 0.15) is 5.76 Å². The lowest BCUT2D eigenvalue weighted by Gasteiger charge is -2.04. The fraction of sp³-hybridized carbons (Fsp3) is 0.150. The minimum absolute atomic E-state index is 0.654. The van der Waals surface area contributed by atoms with Crippen molar-refractivity contribution in [2.45, 2.75) is 20.4 Å². The van der Waals surface area contributed by atoms with E-state index in [0.29, 0.717) is 6.54 Å². The summed E-state index contributed by atoms with van der Waals surface area (Å²) < 4.78 is 7.14. The molecule has 1 aromatic carbocycles. The monoisotopic (exact) mass is 330 g/mol. The van der Waals surface area contributed by atoms with E-state index in [1.165, 1.54) is 0 Å². The van der Waals surface area contributed by atoms with Gasteiger partial charge in [0, 0.05) is 29.1 Å². The molecule has 0 bridgehead atoms. The largest absolute Gasteiger partial charge is 0.361 e. The highest BCUT2D eigenvalue weighted by molar-refractivity contribution is 5.69. The highest BCUT2D eigenvalue weighted by atomic mass is 16.5. The van der Waals surface area contributed by atoms with Crippen LogP contribution in [0, 0.1) is 13.8 Å². The van der Waals surface area contributed by atoms with Crippen molar-refractivity contribution < 1.29 is 4.52 Å². The van der Waals surface area contributed by atoms with Gasteiger partial charge in [-0.25, -0.2) is 0 Å². The van der Waals surface area contributed by atoms with Gasteiger partial charge < -0.3 is 4.52 Å². The first-order valence-corrected chi connectivity index (χ1v) is 8.18. The number of aromatic nitrogens is 4. The van der Waals surface area contributed by atoms with Crippen LogP contribution in [0.25, 0.3) is 22.5 Å². The number of hydrogen-bond acceptors (Lipinski definition) is 4. The molecule has 0 aliphatic carbocycles. The normalized spacial score (nSPS) is 11.0. The van der Waals surface area contributed by atoms with Crippen LogP contribution >= 0.6 is 0 Å². The summed E-state index contributed by atoms with van der Waals surface area (Å²) in [5, 5.41) is 8.70. The van der Waals surface area contributed by atoms with Crippen molar-refractivity contribution >= 4 is 0 Å². The molecular formula is C20H18N4O. The molecule has 0 atom stereocenters. The van der Waals surface area contributed by atoms with Crippen molar-refractivity contribution in [3.8, 4) is 22.5 Å². The second kappa shape index (κ2) is 6.36. The molecule has 5 nitrogen and oxygen atoms in total. The van der Waals surface area contributed by atoms with Gasteiger partial charge in [-0.3, -0.25) is 9.67 Å². The Morgan fingerprint density at radius 1 is 0.960 bits per heavy atom.